The van der Waals surface area contributed by atoms with Gasteiger partial charge in [0.2, 0.25) is 0 Å². The predicted molar refractivity (Wildman–Crippen MR) is 65.1 cm³/mol. The van der Waals surface area contributed by atoms with E-state index in [4.69, 9.17) is 5.11 Å². The number of hydrogen-bond donors (Lipinski definition) is 1. The van der Waals surface area contributed by atoms with Gasteiger partial charge in [-0.25, -0.2) is 4.79 Å². The molecule has 0 amide bonds. The van der Waals surface area contributed by atoms with Gasteiger partial charge < -0.3 is 5.11 Å². The number of aromatic carboxylic acids is 1. The van der Waals surface area contributed by atoms with Gasteiger partial charge in [0, 0.05) is 18.8 Å². The van der Waals surface area contributed by atoms with Crippen molar-refractivity contribution in [2.24, 2.45) is 7.05 Å². The Labute approximate surface area is 99.5 Å². The molecule has 0 unspecified atom stereocenters. The number of carboxylic acid groups (broad SMARTS) is 1. The average molecular weight is 230 g/mol. The van der Waals surface area contributed by atoms with Gasteiger partial charge in [0.1, 0.15) is 0 Å². The molecule has 1 aromatic heterocycles. The first kappa shape index (κ1) is 11.4. The summed E-state index contributed by atoms with van der Waals surface area (Å²) < 4.78 is 1.70. The van der Waals surface area contributed by atoms with Gasteiger partial charge in [-0.15, -0.1) is 0 Å². The summed E-state index contributed by atoms with van der Waals surface area (Å²) in [5.41, 5.74) is 4.03. The van der Waals surface area contributed by atoms with Crippen molar-refractivity contribution in [1.82, 2.24) is 9.78 Å². The number of carbonyl (C=O) groups is 1. The maximum absolute atomic E-state index is 11.1. The van der Waals surface area contributed by atoms with Crippen LogP contribution in [-0.4, -0.2) is 20.9 Å². The van der Waals surface area contributed by atoms with Crippen molar-refractivity contribution in [3.05, 3.63) is 41.2 Å². The second-order valence-electron chi connectivity index (χ2n) is 4.19. The third-order valence-electron chi connectivity index (χ3n) is 2.82. The first-order valence-electron chi connectivity index (χ1n) is 5.32. The van der Waals surface area contributed by atoms with E-state index < -0.39 is 5.97 Å². The van der Waals surface area contributed by atoms with Crippen molar-refractivity contribution in [1.29, 1.82) is 0 Å². The van der Waals surface area contributed by atoms with Crippen molar-refractivity contribution in [3.8, 4) is 11.1 Å². The number of hydrogen-bond acceptors (Lipinski definition) is 2. The summed E-state index contributed by atoms with van der Waals surface area (Å²) in [6.07, 6.45) is 3.62. The molecule has 0 saturated carbocycles. The Hall–Kier alpha value is -2.10. The van der Waals surface area contributed by atoms with Crippen LogP contribution in [0.4, 0.5) is 0 Å². The van der Waals surface area contributed by atoms with Crippen LogP contribution in [0.15, 0.2) is 24.5 Å². The van der Waals surface area contributed by atoms with Crippen LogP contribution in [0.5, 0.6) is 0 Å². The maximum Gasteiger partial charge on any atom is 0.335 e. The zero-order chi connectivity index (χ0) is 12.6. The number of carboxylic acids is 1. The minimum Gasteiger partial charge on any atom is -0.478 e. The van der Waals surface area contributed by atoms with E-state index >= 15 is 0 Å². The van der Waals surface area contributed by atoms with Gasteiger partial charge in [0.25, 0.3) is 0 Å². The van der Waals surface area contributed by atoms with Crippen LogP contribution >= 0.6 is 0 Å². The molecular formula is C13H14N2O2. The molecule has 0 spiro atoms. The van der Waals surface area contributed by atoms with Gasteiger partial charge in [-0.05, 0) is 36.6 Å². The fourth-order valence-corrected chi connectivity index (χ4v) is 1.95. The van der Waals surface area contributed by atoms with Gasteiger partial charge in [-0.3, -0.25) is 4.68 Å². The summed E-state index contributed by atoms with van der Waals surface area (Å²) in [6, 6.07) is 3.61. The van der Waals surface area contributed by atoms with E-state index in [2.05, 4.69) is 5.10 Å². The minimum atomic E-state index is -0.896. The van der Waals surface area contributed by atoms with E-state index in [9.17, 15) is 4.79 Å². The molecule has 0 aliphatic carbocycles. The number of rotatable bonds is 2. The number of benzene rings is 1. The Bertz CT molecular complexity index is 585. The quantitative estimate of drug-likeness (QED) is 0.861. The molecule has 1 N–H and O–H groups in total. The topological polar surface area (TPSA) is 55.1 Å². The van der Waals surface area contributed by atoms with E-state index in [1.165, 1.54) is 0 Å². The molecule has 0 radical (unpaired) electrons. The number of aryl methyl sites for hydroxylation is 3. The average Bonchev–Trinajstić information content (AvgIpc) is 2.64. The van der Waals surface area contributed by atoms with Crippen molar-refractivity contribution >= 4 is 5.97 Å². The molecule has 4 heteroatoms. The molecule has 17 heavy (non-hydrogen) atoms. The lowest BCUT2D eigenvalue weighted by atomic mass is 9.97. The van der Waals surface area contributed by atoms with Gasteiger partial charge in [0.05, 0.1) is 11.8 Å². The molecule has 0 atom stereocenters. The van der Waals surface area contributed by atoms with Crippen molar-refractivity contribution in [2.45, 2.75) is 13.8 Å². The maximum atomic E-state index is 11.1. The molecule has 0 aliphatic rings. The zero-order valence-corrected chi connectivity index (χ0v) is 10.1. The Morgan fingerprint density at radius 2 is 2.00 bits per heavy atom. The van der Waals surface area contributed by atoms with Gasteiger partial charge in [-0.1, -0.05) is 6.07 Å². The predicted octanol–water partition coefficient (Wildman–Crippen LogP) is 2.40. The smallest absolute Gasteiger partial charge is 0.335 e. The fraction of sp³-hybridized carbons (Fsp3) is 0.231. The summed E-state index contributed by atoms with van der Waals surface area (Å²) in [7, 11) is 1.84. The molecule has 0 aliphatic heterocycles. The van der Waals surface area contributed by atoms with Crippen LogP contribution < -0.4 is 0 Å². The summed E-state index contributed by atoms with van der Waals surface area (Å²) >= 11 is 0. The van der Waals surface area contributed by atoms with Crippen LogP contribution in [0, 0.1) is 13.8 Å². The minimum absolute atomic E-state index is 0.342. The van der Waals surface area contributed by atoms with Crippen molar-refractivity contribution in [3.63, 3.8) is 0 Å². The zero-order valence-electron chi connectivity index (χ0n) is 10.1. The number of nitrogens with zero attached hydrogens (tertiary/aromatic N) is 2. The Morgan fingerprint density at radius 3 is 2.53 bits per heavy atom. The summed E-state index contributed by atoms with van der Waals surface area (Å²) in [6.45, 7) is 3.78. The standard InChI is InChI=1S/C13H14N2O2/c1-8-4-9(2)12(13(16)17)5-11(8)10-6-14-15(3)7-10/h4-7H,1-3H3,(H,16,17). The fourth-order valence-electron chi connectivity index (χ4n) is 1.95. The van der Waals surface area contributed by atoms with Gasteiger partial charge >= 0.3 is 5.97 Å². The van der Waals surface area contributed by atoms with Crippen molar-refractivity contribution in [2.75, 3.05) is 0 Å². The SMILES string of the molecule is Cc1cc(C)c(-c2cnn(C)c2)cc1C(=O)O. The Balaban J connectivity index is 2.62. The Kier molecular flexibility index (Phi) is 2.71. The van der Waals surface area contributed by atoms with E-state index in [-0.39, 0.29) is 0 Å². The summed E-state index contributed by atoms with van der Waals surface area (Å²) in [4.78, 5) is 11.1. The second kappa shape index (κ2) is 4.05. The highest BCUT2D eigenvalue weighted by Crippen LogP contribution is 2.26. The van der Waals surface area contributed by atoms with Crippen molar-refractivity contribution < 1.29 is 9.90 Å². The highest BCUT2D eigenvalue weighted by Gasteiger charge is 2.12. The molecule has 2 aromatic rings. The van der Waals surface area contributed by atoms with Crippen LogP contribution in [0.1, 0.15) is 21.5 Å². The molecule has 1 aromatic carbocycles. The summed E-state index contributed by atoms with van der Waals surface area (Å²) in [5.74, 6) is -0.896. The Morgan fingerprint density at radius 1 is 1.29 bits per heavy atom. The van der Waals surface area contributed by atoms with E-state index in [0.29, 0.717) is 5.56 Å². The third-order valence-corrected chi connectivity index (χ3v) is 2.82. The van der Waals surface area contributed by atoms with Crippen LogP contribution in [-0.2, 0) is 7.05 Å². The molecule has 1 heterocycles. The summed E-state index contributed by atoms with van der Waals surface area (Å²) in [5, 5.41) is 13.2. The monoisotopic (exact) mass is 230 g/mol. The third kappa shape index (κ3) is 2.06. The molecule has 0 bridgehead atoms. The molecule has 4 nitrogen and oxygen atoms in total. The second-order valence-corrected chi connectivity index (χ2v) is 4.19. The van der Waals surface area contributed by atoms with Crippen LogP contribution in [0.25, 0.3) is 11.1 Å². The molecule has 0 saturated heterocycles. The highest BCUT2D eigenvalue weighted by molar-refractivity contribution is 5.91. The number of aromatic nitrogens is 2. The molecule has 2 rings (SSSR count). The van der Waals surface area contributed by atoms with Gasteiger partial charge in [0.15, 0.2) is 0 Å². The lowest BCUT2D eigenvalue weighted by Gasteiger charge is -2.08. The first-order chi connectivity index (χ1) is 7.99. The van der Waals surface area contributed by atoms with Gasteiger partial charge in [-0.2, -0.15) is 5.10 Å². The molecule has 88 valence electrons. The van der Waals surface area contributed by atoms with E-state index in [1.807, 2.05) is 33.2 Å². The molecule has 0 fully saturated rings. The van der Waals surface area contributed by atoms with Crippen LogP contribution in [0.2, 0.25) is 0 Å². The van der Waals surface area contributed by atoms with E-state index in [0.717, 1.165) is 22.3 Å². The lowest BCUT2D eigenvalue weighted by molar-refractivity contribution is 0.0696. The first-order valence-corrected chi connectivity index (χ1v) is 5.32. The van der Waals surface area contributed by atoms with E-state index in [1.54, 1.807) is 16.9 Å². The van der Waals surface area contributed by atoms with Crippen LogP contribution in [0.3, 0.4) is 0 Å². The molecular weight excluding hydrogens is 216 g/mol. The highest BCUT2D eigenvalue weighted by atomic mass is 16.4. The normalized spacial score (nSPS) is 10.5. The largest absolute Gasteiger partial charge is 0.478 e. The lowest BCUT2D eigenvalue weighted by Crippen LogP contribution is -2.01.